The number of rotatable bonds is 11. The van der Waals surface area contributed by atoms with Crippen LogP contribution in [0.15, 0.2) is 18.0 Å². The number of anilines is 1. The summed E-state index contributed by atoms with van der Waals surface area (Å²) in [7, 11) is -10.7. The highest BCUT2D eigenvalue weighted by molar-refractivity contribution is 7.61. The Bertz CT molecular complexity index is 1590. The minimum Gasteiger partial charge on any atom is -0.387 e. The molecule has 2 aliphatic rings. The third kappa shape index (κ3) is 6.97. The molecule has 0 saturated carbocycles. The number of nitrogens with two attached hydrogens (primary N) is 2. The molecule has 1 amide bonds. The molecule has 0 aliphatic carbocycles. The molecule has 44 heavy (non-hydrogen) atoms. The van der Waals surface area contributed by atoms with Crippen LogP contribution in [-0.2, 0) is 32.0 Å². The predicted octanol–water partition coefficient (Wildman–Crippen LogP) is -2.14. The van der Waals surface area contributed by atoms with Gasteiger partial charge in [-0.15, -0.1) is 11.3 Å². The number of imidazole rings is 1. The van der Waals surface area contributed by atoms with Gasteiger partial charge in [-0.05, 0) is 0 Å². The molecule has 22 nitrogen and oxygen atoms in total. The van der Waals surface area contributed by atoms with Crippen molar-refractivity contribution in [3.63, 3.8) is 0 Å². The number of carbonyl (C=O) groups excluding carboxylic acids is 1. The highest BCUT2D eigenvalue weighted by Gasteiger charge is 2.48. The van der Waals surface area contributed by atoms with Gasteiger partial charge in [-0.2, -0.15) is 4.31 Å². The fraction of sp³-hybridized carbons (Fsp3) is 0.526. The van der Waals surface area contributed by atoms with Crippen molar-refractivity contribution in [3.8, 4) is 0 Å². The monoisotopic (exact) mass is 686 g/mol. The number of hydrogen-bond donors (Lipinski definition) is 9. The number of thiazole rings is 1. The van der Waals surface area contributed by atoms with Crippen LogP contribution in [0.2, 0.25) is 0 Å². The molecule has 2 fully saturated rings. The van der Waals surface area contributed by atoms with Crippen LogP contribution in [0.4, 0.5) is 5.82 Å². The quantitative estimate of drug-likeness (QED) is 0.0971. The van der Waals surface area contributed by atoms with Gasteiger partial charge >= 0.3 is 15.6 Å². The lowest BCUT2D eigenvalue weighted by atomic mass is 10.1. The number of aliphatic hydroxyl groups is 4. The van der Waals surface area contributed by atoms with Crippen LogP contribution in [0.25, 0.3) is 11.2 Å². The first kappa shape index (κ1) is 34.3. The van der Waals surface area contributed by atoms with Crippen molar-refractivity contribution >= 4 is 49.9 Å². The number of fused-ring (bicyclic) bond motifs is 1. The number of amides is 1. The number of primary amides is 1. The Labute approximate surface area is 250 Å². The molecule has 0 radical (unpaired) electrons. The maximum absolute atomic E-state index is 12.4. The lowest BCUT2D eigenvalue weighted by Crippen LogP contribution is -2.33. The van der Waals surface area contributed by atoms with Crippen LogP contribution in [0, 0.1) is 0 Å². The third-order valence-electron chi connectivity index (χ3n) is 6.39. The molecule has 3 aromatic heterocycles. The molecule has 2 saturated heterocycles. The molecule has 25 heteroatoms. The van der Waals surface area contributed by atoms with Crippen molar-refractivity contribution in [2.75, 3.05) is 18.9 Å². The van der Waals surface area contributed by atoms with Gasteiger partial charge < -0.3 is 57.3 Å². The number of phosphoric acid groups is 2. The number of hydrogen-bond acceptors (Lipinski definition) is 19. The van der Waals surface area contributed by atoms with Crippen molar-refractivity contribution in [1.29, 1.82) is 0 Å². The summed E-state index contributed by atoms with van der Waals surface area (Å²) in [6, 6.07) is 0. The molecule has 10 atom stereocenters. The van der Waals surface area contributed by atoms with E-state index in [9.17, 15) is 44.1 Å². The number of carbonyl (C=O) groups is 1. The van der Waals surface area contributed by atoms with E-state index in [1.807, 2.05) is 0 Å². The summed E-state index contributed by atoms with van der Waals surface area (Å²) in [5.41, 5.74) is 11.1. The summed E-state index contributed by atoms with van der Waals surface area (Å²) in [5, 5.41) is 42.8. The standard InChI is InChI=1S/C19H25N7O14P2S.H3N/c20-15-9-17(23-4-22-15)26(5-24-9)19-13(30)11(28)8(39-19)2-37-42(34,35)40-41(32,33)36-1-7-10(27)12(29)14(38-7)18-25-6(3-43-18)16(21)31;/h3-5,7-8,10-14,19,27-30H,1-2H2,(H2,21,31)(H,32,33)(H,34,35)(H2,20,22,23);1H3. The van der Waals surface area contributed by atoms with E-state index < -0.39 is 83.7 Å². The second-order valence-corrected chi connectivity index (χ2v) is 13.2. The lowest BCUT2D eigenvalue weighted by Gasteiger charge is -2.20. The first-order chi connectivity index (χ1) is 20.2. The van der Waals surface area contributed by atoms with E-state index in [0.29, 0.717) is 0 Å². The Morgan fingerprint density at radius 2 is 1.59 bits per heavy atom. The Morgan fingerprint density at radius 3 is 2.20 bits per heavy atom. The fourth-order valence-electron chi connectivity index (χ4n) is 4.29. The van der Waals surface area contributed by atoms with Crippen LogP contribution < -0.4 is 17.6 Å². The first-order valence-electron chi connectivity index (χ1n) is 12.0. The molecule has 5 heterocycles. The minimum absolute atomic E-state index is 0. The zero-order valence-corrected chi connectivity index (χ0v) is 24.7. The summed E-state index contributed by atoms with van der Waals surface area (Å²) < 4.78 is 50.6. The number of nitrogen functional groups attached to an aromatic ring is 1. The summed E-state index contributed by atoms with van der Waals surface area (Å²) in [6.07, 6.45) is -9.48. The van der Waals surface area contributed by atoms with E-state index in [1.54, 1.807) is 0 Å². The number of aromatic nitrogens is 5. The highest BCUT2D eigenvalue weighted by Crippen LogP contribution is 2.61. The SMILES string of the molecule is N.NC(=O)c1csc(C2OC(COP(=O)(O)OP(=O)(O)OCC3OC(n4cnc5c(N)ncnc54)C(O)C3O)C(O)C2O)n1. The molecule has 5 rings (SSSR count). The van der Waals surface area contributed by atoms with E-state index in [2.05, 4.69) is 28.8 Å². The third-order valence-corrected chi connectivity index (χ3v) is 9.90. The zero-order chi connectivity index (χ0) is 31.3. The van der Waals surface area contributed by atoms with Gasteiger partial charge in [-0.3, -0.25) is 18.4 Å². The van der Waals surface area contributed by atoms with E-state index in [1.165, 1.54) is 16.3 Å². The van der Waals surface area contributed by atoms with Crippen molar-refractivity contribution in [1.82, 2.24) is 30.7 Å². The number of aliphatic hydroxyl groups excluding tert-OH is 4. The normalized spacial score (nSPS) is 31.4. The number of phosphoric ester groups is 2. The molecular formula is C19H28N8O14P2S. The fourth-order valence-corrected chi connectivity index (χ4v) is 7.26. The molecular weight excluding hydrogens is 658 g/mol. The Kier molecular flexibility index (Phi) is 10.2. The summed E-state index contributed by atoms with van der Waals surface area (Å²) >= 11 is 0.908. The van der Waals surface area contributed by atoms with Crippen LogP contribution >= 0.6 is 27.0 Å². The van der Waals surface area contributed by atoms with Gasteiger partial charge in [0.1, 0.15) is 65.3 Å². The predicted molar refractivity (Wildman–Crippen MR) is 144 cm³/mol. The lowest BCUT2D eigenvalue weighted by molar-refractivity contribution is -0.0507. The second kappa shape index (κ2) is 13.0. The van der Waals surface area contributed by atoms with E-state index >= 15 is 0 Å². The smallest absolute Gasteiger partial charge is 0.387 e. The largest absolute Gasteiger partial charge is 0.481 e. The van der Waals surface area contributed by atoms with Gasteiger partial charge in [-0.1, -0.05) is 0 Å². The van der Waals surface area contributed by atoms with Gasteiger partial charge in [-0.25, -0.2) is 29.1 Å². The van der Waals surface area contributed by atoms with Crippen molar-refractivity contribution in [2.45, 2.75) is 49.0 Å². The first-order valence-corrected chi connectivity index (χ1v) is 15.9. The Balaban J connectivity index is 0.00000442. The number of nitrogens with zero attached hydrogens (tertiary/aromatic N) is 5. The number of ether oxygens (including phenoxy) is 2. The molecule has 0 aromatic carbocycles. The summed E-state index contributed by atoms with van der Waals surface area (Å²) in [4.78, 5) is 47.0. The molecule has 13 N–H and O–H groups in total. The average Bonchev–Trinajstić information content (AvgIpc) is 3.70. The van der Waals surface area contributed by atoms with E-state index in [4.69, 9.17) is 25.5 Å². The van der Waals surface area contributed by atoms with Gasteiger partial charge in [0.05, 0.1) is 19.5 Å². The second-order valence-electron chi connectivity index (χ2n) is 9.25. The summed E-state index contributed by atoms with van der Waals surface area (Å²) in [6.45, 7) is -1.80. The van der Waals surface area contributed by atoms with Crippen LogP contribution in [-0.4, -0.2) is 110 Å². The molecule has 0 spiro atoms. The van der Waals surface area contributed by atoms with Crippen molar-refractivity contribution in [2.24, 2.45) is 5.73 Å². The van der Waals surface area contributed by atoms with Crippen LogP contribution in [0.1, 0.15) is 27.8 Å². The van der Waals surface area contributed by atoms with Crippen LogP contribution in [0.5, 0.6) is 0 Å². The average molecular weight is 686 g/mol. The van der Waals surface area contributed by atoms with Crippen LogP contribution in [0.3, 0.4) is 0 Å². The van der Waals surface area contributed by atoms with Crippen molar-refractivity contribution < 1.29 is 67.0 Å². The Morgan fingerprint density at radius 1 is 0.977 bits per heavy atom. The molecule has 244 valence electrons. The van der Waals surface area contributed by atoms with E-state index in [-0.39, 0.29) is 33.8 Å². The van der Waals surface area contributed by atoms with Gasteiger partial charge in [0.2, 0.25) is 0 Å². The molecule has 2 aliphatic heterocycles. The van der Waals surface area contributed by atoms with Gasteiger partial charge in [0.15, 0.2) is 17.7 Å². The summed E-state index contributed by atoms with van der Waals surface area (Å²) in [5.74, 6) is -0.782. The van der Waals surface area contributed by atoms with E-state index in [0.717, 1.165) is 17.7 Å². The van der Waals surface area contributed by atoms with Crippen molar-refractivity contribution in [3.05, 3.63) is 28.7 Å². The molecule has 3 aromatic rings. The Hall–Kier alpha value is -2.57. The zero-order valence-electron chi connectivity index (χ0n) is 22.1. The van der Waals surface area contributed by atoms with Gasteiger partial charge in [0.25, 0.3) is 5.91 Å². The highest BCUT2D eigenvalue weighted by atomic mass is 32.1. The molecule has 0 bridgehead atoms. The topological polar surface area (TPSA) is 362 Å². The maximum atomic E-state index is 12.4. The maximum Gasteiger partial charge on any atom is 0.481 e. The molecule has 10 unspecified atom stereocenters. The minimum atomic E-state index is -5.37. The van der Waals surface area contributed by atoms with Gasteiger partial charge in [0, 0.05) is 5.38 Å².